The molecule has 0 aliphatic carbocycles. The highest BCUT2D eigenvalue weighted by Crippen LogP contribution is 2.13. The highest BCUT2D eigenvalue weighted by molar-refractivity contribution is 5.97. The van der Waals surface area contributed by atoms with Crippen LogP contribution in [0.3, 0.4) is 0 Å². The van der Waals surface area contributed by atoms with Gasteiger partial charge >= 0.3 is 0 Å². The van der Waals surface area contributed by atoms with Gasteiger partial charge in [0.2, 0.25) is 0 Å². The van der Waals surface area contributed by atoms with Gasteiger partial charge in [0.15, 0.2) is 5.78 Å². The summed E-state index contributed by atoms with van der Waals surface area (Å²) in [4.78, 5) is 22.6. The van der Waals surface area contributed by atoms with E-state index < -0.39 is 0 Å². The molecular weight excluding hydrogens is 212 g/mol. The zero-order valence-electron chi connectivity index (χ0n) is 11.2. The van der Waals surface area contributed by atoms with Crippen LogP contribution in [-0.2, 0) is 4.79 Å². The maximum absolute atomic E-state index is 11.8. The van der Waals surface area contributed by atoms with E-state index >= 15 is 0 Å². The minimum Gasteiger partial charge on any atom is -0.300 e. The van der Waals surface area contributed by atoms with Crippen molar-refractivity contribution < 1.29 is 9.59 Å². The van der Waals surface area contributed by atoms with Gasteiger partial charge in [-0.1, -0.05) is 51.1 Å². The molecule has 0 aromatic heterocycles. The minimum atomic E-state index is -0.0729. The van der Waals surface area contributed by atoms with E-state index in [9.17, 15) is 9.59 Å². The van der Waals surface area contributed by atoms with Gasteiger partial charge in [-0.2, -0.15) is 0 Å². The Morgan fingerprint density at radius 1 is 1.12 bits per heavy atom. The van der Waals surface area contributed by atoms with E-state index in [-0.39, 0.29) is 17.5 Å². The maximum Gasteiger partial charge on any atom is 0.165 e. The van der Waals surface area contributed by atoms with Crippen molar-refractivity contribution >= 4 is 11.6 Å². The van der Waals surface area contributed by atoms with E-state index in [2.05, 4.69) is 0 Å². The van der Waals surface area contributed by atoms with Crippen LogP contribution in [0.15, 0.2) is 30.3 Å². The molecule has 1 atom stereocenters. The van der Waals surface area contributed by atoms with Crippen LogP contribution >= 0.6 is 0 Å². The molecule has 0 heterocycles. The second-order valence-corrected chi connectivity index (χ2v) is 3.87. The van der Waals surface area contributed by atoms with Crippen LogP contribution in [-0.4, -0.2) is 11.6 Å². The topological polar surface area (TPSA) is 34.1 Å². The van der Waals surface area contributed by atoms with E-state index in [1.54, 1.807) is 6.92 Å². The molecule has 1 aromatic carbocycles. The molecule has 0 aliphatic rings. The molecule has 0 spiro atoms. The van der Waals surface area contributed by atoms with E-state index in [1.165, 1.54) is 0 Å². The van der Waals surface area contributed by atoms with Crippen molar-refractivity contribution in [2.24, 2.45) is 5.92 Å². The SMILES string of the molecule is CC.CC(=O)CC[C@@H](C)C(=O)c1ccccc1. The first-order valence-electron chi connectivity index (χ1n) is 6.20. The Kier molecular flexibility index (Phi) is 7.95. The third kappa shape index (κ3) is 6.00. The minimum absolute atomic E-state index is 0.0729. The quantitative estimate of drug-likeness (QED) is 0.724. The van der Waals surface area contributed by atoms with Gasteiger partial charge in [-0.15, -0.1) is 0 Å². The molecule has 1 rings (SSSR count). The molecule has 0 fully saturated rings. The van der Waals surface area contributed by atoms with Crippen molar-refractivity contribution in [1.82, 2.24) is 0 Å². The lowest BCUT2D eigenvalue weighted by molar-refractivity contribution is -0.117. The van der Waals surface area contributed by atoms with Crippen molar-refractivity contribution in [1.29, 1.82) is 0 Å². The second kappa shape index (κ2) is 8.68. The lowest BCUT2D eigenvalue weighted by Gasteiger charge is -2.08. The Morgan fingerprint density at radius 2 is 1.65 bits per heavy atom. The number of benzene rings is 1. The van der Waals surface area contributed by atoms with Crippen LogP contribution in [0.5, 0.6) is 0 Å². The molecule has 0 unspecified atom stereocenters. The Bertz CT molecular complexity index is 341. The van der Waals surface area contributed by atoms with Crippen molar-refractivity contribution in [3.8, 4) is 0 Å². The number of ketones is 2. The summed E-state index contributed by atoms with van der Waals surface area (Å²) in [7, 11) is 0. The van der Waals surface area contributed by atoms with E-state index in [0.717, 1.165) is 5.56 Å². The Morgan fingerprint density at radius 3 is 2.12 bits per heavy atom. The number of carbonyl (C=O) groups is 2. The summed E-state index contributed by atoms with van der Waals surface area (Å²) in [5.41, 5.74) is 0.730. The molecule has 0 bridgehead atoms. The fourth-order valence-corrected chi connectivity index (χ4v) is 1.44. The first-order valence-corrected chi connectivity index (χ1v) is 6.20. The fraction of sp³-hybridized carbons (Fsp3) is 0.467. The van der Waals surface area contributed by atoms with Crippen molar-refractivity contribution in [3.63, 3.8) is 0 Å². The third-order valence-electron chi connectivity index (χ3n) is 2.44. The average molecular weight is 234 g/mol. The second-order valence-electron chi connectivity index (χ2n) is 3.87. The zero-order valence-corrected chi connectivity index (χ0v) is 11.2. The summed E-state index contributed by atoms with van der Waals surface area (Å²) < 4.78 is 0. The summed E-state index contributed by atoms with van der Waals surface area (Å²) in [6, 6.07) is 9.21. The number of rotatable bonds is 5. The van der Waals surface area contributed by atoms with Gasteiger partial charge in [-0.05, 0) is 13.3 Å². The smallest absolute Gasteiger partial charge is 0.165 e. The van der Waals surface area contributed by atoms with Crippen molar-refractivity contribution in [2.45, 2.75) is 40.5 Å². The number of carbonyl (C=O) groups excluding carboxylic acids is 2. The molecule has 94 valence electrons. The lowest BCUT2D eigenvalue weighted by atomic mass is 9.94. The summed E-state index contributed by atoms with van der Waals surface area (Å²) in [6.45, 7) is 7.43. The van der Waals surface area contributed by atoms with Gasteiger partial charge in [0.1, 0.15) is 5.78 Å². The molecule has 2 heteroatoms. The Balaban J connectivity index is 0.00000121. The highest BCUT2D eigenvalue weighted by atomic mass is 16.1. The van der Waals surface area contributed by atoms with Gasteiger partial charge in [0, 0.05) is 17.9 Å². The van der Waals surface area contributed by atoms with E-state index in [0.29, 0.717) is 12.8 Å². The molecule has 2 nitrogen and oxygen atoms in total. The first-order chi connectivity index (χ1) is 8.11. The molecule has 0 saturated carbocycles. The summed E-state index contributed by atoms with van der Waals surface area (Å²) in [5.74, 6) is 0.191. The Hall–Kier alpha value is -1.44. The molecule has 0 aliphatic heterocycles. The number of Topliss-reactive ketones (excluding diaryl/α,β-unsaturated/α-hetero) is 2. The standard InChI is InChI=1S/C13H16O2.C2H6/c1-10(8-9-11(2)14)13(15)12-6-4-3-5-7-12;1-2/h3-7,10H,8-9H2,1-2H3;1-2H3/t10-;/m1./s1. The van der Waals surface area contributed by atoms with Gasteiger partial charge < -0.3 is 4.79 Å². The van der Waals surface area contributed by atoms with Crippen LogP contribution in [0.1, 0.15) is 50.9 Å². The Labute approximate surface area is 104 Å². The van der Waals surface area contributed by atoms with Gasteiger partial charge in [0.05, 0.1) is 0 Å². The largest absolute Gasteiger partial charge is 0.300 e. The molecule has 0 saturated heterocycles. The summed E-state index contributed by atoms with van der Waals surface area (Å²) >= 11 is 0. The van der Waals surface area contributed by atoms with Gasteiger partial charge in [-0.25, -0.2) is 0 Å². The van der Waals surface area contributed by atoms with Gasteiger partial charge in [-0.3, -0.25) is 4.79 Å². The van der Waals surface area contributed by atoms with Crippen molar-refractivity contribution in [2.75, 3.05) is 0 Å². The molecule has 0 N–H and O–H groups in total. The van der Waals surface area contributed by atoms with Crippen molar-refractivity contribution in [3.05, 3.63) is 35.9 Å². The van der Waals surface area contributed by atoms with Gasteiger partial charge in [0.25, 0.3) is 0 Å². The first kappa shape index (κ1) is 15.6. The van der Waals surface area contributed by atoms with E-state index in [1.807, 2.05) is 51.1 Å². The van der Waals surface area contributed by atoms with E-state index in [4.69, 9.17) is 0 Å². The molecule has 0 amide bonds. The van der Waals surface area contributed by atoms with Crippen LogP contribution in [0.4, 0.5) is 0 Å². The normalized spacial score (nSPS) is 11.1. The monoisotopic (exact) mass is 234 g/mol. The lowest BCUT2D eigenvalue weighted by Crippen LogP contribution is -2.12. The molecule has 17 heavy (non-hydrogen) atoms. The number of hydrogen-bond donors (Lipinski definition) is 0. The predicted octanol–water partition coefficient (Wildman–Crippen LogP) is 3.90. The molecule has 1 aromatic rings. The zero-order chi connectivity index (χ0) is 13.3. The summed E-state index contributed by atoms with van der Waals surface area (Å²) in [6.07, 6.45) is 1.13. The van der Waals surface area contributed by atoms with Crippen LogP contribution in [0.2, 0.25) is 0 Å². The molecule has 0 radical (unpaired) electrons. The predicted molar refractivity (Wildman–Crippen MR) is 71.2 cm³/mol. The van der Waals surface area contributed by atoms with Crippen LogP contribution in [0.25, 0.3) is 0 Å². The highest BCUT2D eigenvalue weighted by Gasteiger charge is 2.14. The summed E-state index contributed by atoms with van der Waals surface area (Å²) in [5, 5.41) is 0. The number of hydrogen-bond acceptors (Lipinski definition) is 2. The average Bonchev–Trinajstić information content (AvgIpc) is 2.38. The third-order valence-corrected chi connectivity index (χ3v) is 2.44. The maximum atomic E-state index is 11.8. The van der Waals surface area contributed by atoms with Crippen LogP contribution in [0, 0.1) is 5.92 Å². The molecular formula is C15H22O2. The fourth-order valence-electron chi connectivity index (χ4n) is 1.44. The van der Waals surface area contributed by atoms with Crippen LogP contribution < -0.4 is 0 Å².